The number of hydrogen-bond acceptors (Lipinski definition) is 4. The fraction of sp³-hybridized carbons (Fsp3) is 1.00. The SMILES string of the molecule is Cl.O=S(=O)(NCC(F)(F)F)NC1CCN(CC2CCNCC2)CC1. The van der Waals surface area contributed by atoms with E-state index in [9.17, 15) is 21.6 Å². The van der Waals surface area contributed by atoms with E-state index >= 15 is 0 Å². The Kier molecular flexibility index (Phi) is 8.71. The van der Waals surface area contributed by atoms with Crippen molar-refractivity contribution >= 4 is 22.6 Å². The van der Waals surface area contributed by atoms with Gasteiger partial charge in [0.05, 0.1) is 0 Å². The summed E-state index contributed by atoms with van der Waals surface area (Å²) in [6, 6.07) is -0.301. The minimum absolute atomic E-state index is 0. The molecule has 24 heavy (non-hydrogen) atoms. The lowest BCUT2D eigenvalue weighted by molar-refractivity contribution is -0.121. The molecule has 2 rings (SSSR count). The molecule has 0 aliphatic carbocycles. The van der Waals surface area contributed by atoms with Crippen molar-refractivity contribution in [3.8, 4) is 0 Å². The molecule has 0 bridgehead atoms. The lowest BCUT2D eigenvalue weighted by atomic mass is 9.96. The largest absolute Gasteiger partial charge is 0.402 e. The molecule has 6 nitrogen and oxygen atoms in total. The highest BCUT2D eigenvalue weighted by atomic mass is 35.5. The van der Waals surface area contributed by atoms with Gasteiger partial charge in [-0.25, -0.2) is 0 Å². The van der Waals surface area contributed by atoms with Gasteiger partial charge >= 0.3 is 6.18 Å². The van der Waals surface area contributed by atoms with E-state index in [1.807, 2.05) is 0 Å². The van der Waals surface area contributed by atoms with Crippen molar-refractivity contribution in [2.75, 3.05) is 39.3 Å². The molecule has 0 aromatic heterocycles. The summed E-state index contributed by atoms with van der Waals surface area (Å²) in [7, 11) is -4.11. The van der Waals surface area contributed by atoms with E-state index < -0.39 is 22.9 Å². The zero-order valence-corrected chi connectivity index (χ0v) is 15.1. The van der Waals surface area contributed by atoms with Crippen LogP contribution in [0, 0.1) is 5.92 Å². The average Bonchev–Trinajstić information content (AvgIpc) is 2.48. The summed E-state index contributed by atoms with van der Waals surface area (Å²) >= 11 is 0. The Balaban J connectivity index is 0.00000288. The quantitative estimate of drug-likeness (QED) is 0.624. The molecule has 3 N–H and O–H groups in total. The minimum Gasteiger partial charge on any atom is -0.317 e. The fourth-order valence-corrected chi connectivity index (χ4v) is 4.21. The molecule has 0 amide bonds. The van der Waals surface area contributed by atoms with E-state index in [4.69, 9.17) is 0 Å². The third kappa shape index (κ3) is 8.30. The zero-order chi connectivity index (χ0) is 16.9. The summed E-state index contributed by atoms with van der Waals surface area (Å²) < 4.78 is 63.3. The highest BCUT2D eigenvalue weighted by Gasteiger charge is 2.31. The fourth-order valence-electron chi connectivity index (χ4n) is 3.10. The number of rotatable bonds is 6. The van der Waals surface area contributed by atoms with Crippen LogP contribution in [0.1, 0.15) is 25.7 Å². The van der Waals surface area contributed by atoms with E-state index in [1.54, 1.807) is 0 Å². The van der Waals surface area contributed by atoms with E-state index in [-0.39, 0.29) is 18.4 Å². The molecular weight excluding hydrogens is 369 g/mol. The average molecular weight is 395 g/mol. The predicted molar refractivity (Wildman–Crippen MR) is 88.4 cm³/mol. The molecule has 0 radical (unpaired) electrons. The number of nitrogens with zero attached hydrogens (tertiary/aromatic N) is 1. The first-order valence-electron chi connectivity index (χ1n) is 8.00. The summed E-state index contributed by atoms with van der Waals surface area (Å²) in [4.78, 5) is 2.32. The molecule has 2 aliphatic rings. The van der Waals surface area contributed by atoms with Crippen LogP contribution in [0.3, 0.4) is 0 Å². The Labute approximate surface area is 147 Å². The molecule has 11 heteroatoms. The van der Waals surface area contributed by atoms with Gasteiger partial charge in [-0.1, -0.05) is 0 Å². The standard InChI is InChI=1S/C13H25F3N4O2S.ClH/c14-13(15,16)10-18-23(21,22)19-12-3-7-20(8-4-12)9-11-1-5-17-6-2-11;/h11-12,17-19H,1-10H2;1H. The van der Waals surface area contributed by atoms with E-state index in [0.717, 1.165) is 45.6 Å². The predicted octanol–water partition coefficient (Wildman–Crippen LogP) is 0.858. The van der Waals surface area contributed by atoms with Crippen LogP contribution in [0.5, 0.6) is 0 Å². The van der Waals surface area contributed by atoms with Crippen LogP contribution in [-0.2, 0) is 10.2 Å². The van der Waals surface area contributed by atoms with Gasteiger partial charge < -0.3 is 10.2 Å². The van der Waals surface area contributed by atoms with Gasteiger partial charge in [-0.2, -0.15) is 31.0 Å². The van der Waals surface area contributed by atoms with Crippen molar-refractivity contribution in [2.45, 2.75) is 37.9 Å². The van der Waals surface area contributed by atoms with Crippen LogP contribution >= 0.6 is 12.4 Å². The molecule has 0 saturated carbocycles. The molecule has 0 aromatic rings. The van der Waals surface area contributed by atoms with Crippen molar-refractivity contribution in [2.24, 2.45) is 5.92 Å². The van der Waals surface area contributed by atoms with Gasteiger partial charge in [0.2, 0.25) is 0 Å². The van der Waals surface area contributed by atoms with Crippen LogP contribution in [0.15, 0.2) is 0 Å². The van der Waals surface area contributed by atoms with Gasteiger partial charge in [0, 0.05) is 12.6 Å². The second-order valence-electron chi connectivity index (χ2n) is 6.33. The first kappa shape index (κ1) is 21.9. The molecule has 2 heterocycles. The van der Waals surface area contributed by atoms with Gasteiger partial charge in [0.15, 0.2) is 0 Å². The molecule has 2 saturated heterocycles. The van der Waals surface area contributed by atoms with Gasteiger partial charge in [0.1, 0.15) is 6.54 Å². The van der Waals surface area contributed by atoms with Crippen LogP contribution in [0.4, 0.5) is 13.2 Å². The molecule has 0 aromatic carbocycles. The lowest BCUT2D eigenvalue weighted by Crippen LogP contribution is -2.50. The van der Waals surface area contributed by atoms with Crippen molar-refractivity contribution in [3.63, 3.8) is 0 Å². The smallest absolute Gasteiger partial charge is 0.317 e. The number of likely N-dealkylation sites (tertiary alicyclic amines) is 1. The van der Waals surface area contributed by atoms with E-state index in [2.05, 4.69) is 14.9 Å². The third-order valence-corrected chi connectivity index (χ3v) is 5.52. The molecule has 0 spiro atoms. The van der Waals surface area contributed by atoms with Crippen molar-refractivity contribution in [3.05, 3.63) is 0 Å². The Bertz CT molecular complexity index is 464. The lowest BCUT2D eigenvalue weighted by Gasteiger charge is -2.35. The second-order valence-corrected chi connectivity index (χ2v) is 7.86. The zero-order valence-electron chi connectivity index (χ0n) is 13.4. The monoisotopic (exact) mass is 394 g/mol. The van der Waals surface area contributed by atoms with Gasteiger partial charge in [-0.05, 0) is 57.8 Å². The normalized spacial score (nSPS) is 22.3. The number of piperidine rings is 2. The molecule has 2 fully saturated rings. The number of nitrogens with one attached hydrogen (secondary N) is 3. The third-order valence-electron chi connectivity index (χ3n) is 4.35. The van der Waals surface area contributed by atoms with Gasteiger partial charge in [-0.15, -0.1) is 12.4 Å². The Morgan fingerprint density at radius 3 is 2.21 bits per heavy atom. The van der Waals surface area contributed by atoms with Crippen molar-refractivity contribution < 1.29 is 21.6 Å². The highest BCUT2D eigenvalue weighted by Crippen LogP contribution is 2.18. The molecule has 0 unspecified atom stereocenters. The Morgan fingerprint density at radius 2 is 1.67 bits per heavy atom. The van der Waals surface area contributed by atoms with Crippen LogP contribution in [0.2, 0.25) is 0 Å². The second kappa shape index (κ2) is 9.54. The maximum Gasteiger partial charge on any atom is 0.402 e. The summed E-state index contributed by atoms with van der Waals surface area (Å²) in [6.07, 6.45) is -0.982. The number of alkyl halides is 3. The molecule has 0 atom stereocenters. The summed E-state index contributed by atoms with van der Waals surface area (Å²) in [5.74, 6) is 0.679. The van der Waals surface area contributed by atoms with Crippen LogP contribution in [-0.4, -0.2) is 64.8 Å². The maximum atomic E-state index is 12.1. The first-order chi connectivity index (χ1) is 10.7. The van der Waals surface area contributed by atoms with E-state index in [0.29, 0.717) is 18.8 Å². The van der Waals surface area contributed by atoms with Gasteiger partial charge in [0.25, 0.3) is 10.2 Å². The molecule has 2 aliphatic heterocycles. The minimum atomic E-state index is -4.55. The maximum absolute atomic E-state index is 12.1. The highest BCUT2D eigenvalue weighted by molar-refractivity contribution is 7.87. The van der Waals surface area contributed by atoms with Crippen LogP contribution < -0.4 is 14.8 Å². The Hall–Kier alpha value is -0.130. The summed E-state index contributed by atoms with van der Waals surface area (Å²) in [5.41, 5.74) is 0. The Morgan fingerprint density at radius 1 is 1.08 bits per heavy atom. The summed E-state index contributed by atoms with van der Waals surface area (Å²) in [6.45, 7) is 3.12. The topological polar surface area (TPSA) is 73.5 Å². The van der Waals surface area contributed by atoms with Gasteiger partial charge in [-0.3, -0.25) is 0 Å². The molecular formula is C13H26ClF3N4O2S. The molecule has 144 valence electrons. The first-order valence-corrected chi connectivity index (χ1v) is 9.48. The number of halogens is 4. The number of hydrogen-bond donors (Lipinski definition) is 3. The van der Waals surface area contributed by atoms with Crippen molar-refractivity contribution in [1.82, 2.24) is 19.7 Å². The van der Waals surface area contributed by atoms with E-state index in [1.165, 1.54) is 4.72 Å². The summed E-state index contributed by atoms with van der Waals surface area (Å²) in [5, 5.41) is 3.33. The van der Waals surface area contributed by atoms with Crippen LogP contribution in [0.25, 0.3) is 0 Å². The van der Waals surface area contributed by atoms with Crippen molar-refractivity contribution in [1.29, 1.82) is 0 Å².